The molecule has 0 unspecified atom stereocenters. The van der Waals surface area contributed by atoms with Gasteiger partial charge in [-0.15, -0.1) is 0 Å². The van der Waals surface area contributed by atoms with Gasteiger partial charge in [0, 0.05) is 6.42 Å². The van der Waals surface area contributed by atoms with Gasteiger partial charge in [0.05, 0.1) is 18.6 Å². The van der Waals surface area contributed by atoms with Gasteiger partial charge in [-0.05, 0) is 36.6 Å². The first kappa shape index (κ1) is 15.7. The molecule has 6 nitrogen and oxygen atoms in total. The van der Waals surface area contributed by atoms with Crippen LogP contribution in [0.3, 0.4) is 0 Å². The smallest absolute Gasteiger partial charge is 0.338 e. The van der Waals surface area contributed by atoms with Crippen molar-refractivity contribution in [3.8, 4) is 0 Å². The summed E-state index contributed by atoms with van der Waals surface area (Å²) in [5, 5.41) is 17.5. The van der Waals surface area contributed by atoms with E-state index in [1.54, 1.807) is 13.0 Å². The molecule has 0 bridgehead atoms. The Balaban J connectivity index is 3.02. The van der Waals surface area contributed by atoms with Gasteiger partial charge in [-0.3, -0.25) is 9.59 Å². The Kier molecular flexibility index (Phi) is 5.71. The van der Waals surface area contributed by atoms with Crippen LogP contribution >= 0.6 is 0 Å². The third-order valence-electron chi connectivity index (χ3n) is 2.67. The summed E-state index contributed by atoms with van der Waals surface area (Å²) in [5.41, 5.74) is 1.31. The lowest BCUT2D eigenvalue weighted by Gasteiger charge is -2.09. The average molecular weight is 280 g/mol. The zero-order chi connectivity index (χ0) is 15.1. The highest BCUT2D eigenvalue weighted by Gasteiger charge is 2.13. The number of benzene rings is 1. The summed E-state index contributed by atoms with van der Waals surface area (Å²) in [5.74, 6) is -2.52. The van der Waals surface area contributed by atoms with E-state index in [4.69, 9.17) is 14.9 Å². The second kappa shape index (κ2) is 7.28. The van der Waals surface area contributed by atoms with Crippen LogP contribution in [-0.4, -0.2) is 34.7 Å². The van der Waals surface area contributed by atoms with Gasteiger partial charge in [-0.2, -0.15) is 0 Å². The second-order valence-electron chi connectivity index (χ2n) is 4.17. The predicted molar refractivity (Wildman–Crippen MR) is 69.7 cm³/mol. The number of aryl methyl sites for hydroxylation is 1. The van der Waals surface area contributed by atoms with Gasteiger partial charge in [-0.25, -0.2) is 4.79 Å². The minimum absolute atomic E-state index is 0.0919. The first-order valence-corrected chi connectivity index (χ1v) is 6.16. The largest absolute Gasteiger partial charge is 0.481 e. The van der Waals surface area contributed by atoms with Crippen molar-refractivity contribution in [3.05, 3.63) is 34.9 Å². The molecule has 6 heteroatoms. The summed E-state index contributed by atoms with van der Waals surface area (Å²) in [6, 6.07) is 4.54. The van der Waals surface area contributed by atoms with E-state index in [0.717, 1.165) is 0 Å². The van der Waals surface area contributed by atoms with Crippen molar-refractivity contribution in [1.82, 2.24) is 0 Å². The van der Waals surface area contributed by atoms with Gasteiger partial charge in [-0.1, -0.05) is 6.07 Å². The Morgan fingerprint density at radius 1 is 1.10 bits per heavy atom. The van der Waals surface area contributed by atoms with E-state index in [-0.39, 0.29) is 31.4 Å². The van der Waals surface area contributed by atoms with Crippen molar-refractivity contribution in [1.29, 1.82) is 0 Å². The predicted octanol–water partition coefficient (Wildman–Crippen LogP) is 1.51. The minimum Gasteiger partial charge on any atom is -0.481 e. The maximum Gasteiger partial charge on any atom is 0.338 e. The van der Waals surface area contributed by atoms with Crippen molar-refractivity contribution in [2.45, 2.75) is 26.2 Å². The number of carboxylic acids is 2. The summed E-state index contributed by atoms with van der Waals surface area (Å²) in [4.78, 5) is 33.0. The number of rotatable bonds is 7. The third kappa shape index (κ3) is 4.72. The molecule has 0 aliphatic rings. The van der Waals surface area contributed by atoms with E-state index in [0.29, 0.717) is 11.1 Å². The zero-order valence-corrected chi connectivity index (χ0v) is 11.1. The average Bonchev–Trinajstić information content (AvgIpc) is 2.36. The Morgan fingerprint density at radius 3 is 2.35 bits per heavy atom. The number of carboxylic acid groups (broad SMARTS) is 2. The van der Waals surface area contributed by atoms with Crippen LogP contribution in [-0.2, 0) is 27.2 Å². The number of hydrogen-bond acceptors (Lipinski definition) is 4. The van der Waals surface area contributed by atoms with Crippen molar-refractivity contribution < 1.29 is 29.3 Å². The molecule has 0 aliphatic heterocycles. The van der Waals surface area contributed by atoms with Crippen molar-refractivity contribution >= 4 is 17.9 Å². The Bertz CT molecular complexity index is 520. The third-order valence-corrected chi connectivity index (χ3v) is 2.67. The van der Waals surface area contributed by atoms with Crippen LogP contribution < -0.4 is 0 Å². The summed E-state index contributed by atoms with van der Waals surface area (Å²) in [6.45, 7) is 1.91. The fraction of sp³-hybridized carbons (Fsp3) is 0.357. The molecular formula is C14H16O6. The lowest BCUT2D eigenvalue weighted by Crippen LogP contribution is -2.10. The van der Waals surface area contributed by atoms with E-state index in [9.17, 15) is 14.4 Å². The Labute approximate surface area is 116 Å². The highest BCUT2D eigenvalue weighted by molar-refractivity contribution is 5.90. The molecular weight excluding hydrogens is 264 g/mol. The first-order chi connectivity index (χ1) is 9.43. The Morgan fingerprint density at radius 2 is 1.80 bits per heavy atom. The lowest BCUT2D eigenvalue weighted by atomic mass is 9.98. The molecule has 0 aromatic heterocycles. The molecule has 1 rings (SSSR count). The van der Waals surface area contributed by atoms with Crippen LogP contribution in [0.2, 0.25) is 0 Å². The maximum atomic E-state index is 11.6. The fourth-order valence-corrected chi connectivity index (χ4v) is 1.78. The lowest BCUT2D eigenvalue weighted by molar-refractivity contribution is -0.137. The number of hydrogen-bond donors (Lipinski definition) is 2. The molecule has 0 fully saturated rings. The maximum absolute atomic E-state index is 11.6. The summed E-state index contributed by atoms with van der Waals surface area (Å²) < 4.78 is 4.85. The molecule has 0 aliphatic carbocycles. The number of aliphatic carboxylic acids is 2. The molecule has 108 valence electrons. The fourth-order valence-electron chi connectivity index (χ4n) is 1.78. The number of carbonyl (C=O) groups is 3. The van der Waals surface area contributed by atoms with Gasteiger partial charge in [0.2, 0.25) is 0 Å². The topological polar surface area (TPSA) is 101 Å². The summed E-state index contributed by atoms with van der Waals surface area (Å²) >= 11 is 0. The standard InChI is InChI=1S/C14H16O6/c1-2-20-14(19)10-4-3-9(5-6-12(15)16)11(7-10)8-13(17)18/h3-4,7H,2,5-6,8H2,1H3,(H,15,16)(H,17,18). The first-order valence-electron chi connectivity index (χ1n) is 6.16. The van der Waals surface area contributed by atoms with E-state index >= 15 is 0 Å². The molecule has 0 radical (unpaired) electrons. The normalized spacial score (nSPS) is 10.1. The highest BCUT2D eigenvalue weighted by Crippen LogP contribution is 2.16. The highest BCUT2D eigenvalue weighted by atomic mass is 16.5. The van der Waals surface area contributed by atoms with Gasteiger partial charge >= 0.3 is 17.9 Å². The minimum atomic E-state index is -1.04. The number of carbonyl (C=O) groups excluding carboxylic acids is 1. The van der Waals surface area contributed by atoms with Crippen LogP contribution in [0.4, 0.5) is 0 Å². The van der Waals surface area contributed by atoms with E-state index < -0.39 is 17.9 Å². The van der Waals surface area contributed by atoms with Crippen molar-refractivity contribution in [2.75, 3.05) is 6.61 Å². The SMILES string of the molecule is CCOC(=O)c1ccc(CCC(=O)O)c(CC(=O)O)c1. The van der Waals surface area contributed by atoms with Crippen LogP contribution in [0.5, 0.6) is 0 Å². The zero-order valence-electron chi connectivity index (χ0n) is 11.1. The molecule has 0 atom stereocenters. The molecule has 0 spiro atoms. The molecule has 0 saturated heterocycles. The van der Waals surface area contributed by atoms with E-state index in [1.165, 1.54) is 12.1 Å². The van der Waals surface area contributed by atoms with E-state index in [1.807, 2.05) is 0 Å². The Hall–Kier alpha value is -2.37. The summed E-state index contributed by atoms with van der Waals surface area (Å²) in [7, 11) is 0. The van der Waals surface area contributed by atoms with Crippen LogP contribution in [0, 0.1) is 0 Å². The molecule has 0 saturated carbocycles. The monoisotopic (exact) mass is 280 g/mol. The molecule has 1 aromatic rings. The quantitative estimate of drug-likeness (QED) is 0.734. The molecule has 0 amide bonds. The molecule has 0 heterocycles. The molecule has 20 heavy (non-hydrogen) atoms. The van der Waals surface area contributed by atoms with Crippen molar-refractivity contribution in [2.24, 2.45) is 0 Å². The molecule has 1 aromatic carbocycles. The van der Waals surface area contributed by atoms with Gasteiger partial charge in [0.1, 0.15) is 0 Å². The van der Waals surface area contributed by atoms with Crippen LogP contribution in [0.1, 0.15) is 34.8 Å². The molecule has 2 N–H and O–H groups in total. The van der Waals surface area contributed by atoms with Gasteiger partial charge < -0.3 is 14.9 Å². The van der Waals surface area contributed by atoms with Crippen LogP contribution in [0.15, 0.2) is 18.2 Å². The van der Waals surface area contributed by atoms with Crippen molar-refractivity contribution in [3.63, 3.8) is 0 Å². The number of ether oxygens (including phenoxy) is 1. The number of esters is 1. The summed E-state index contributed by atoms with van der Waals surface area (Å²) in [6.07, 6.45) is -0.130. The van der Waals surface area contributed by atoms with Gasteiger partial charge in [0.25, 0.3) is 0 Å². The van der Waals surface area contributed by atoms with E-state index in [2.05, 4.69) is 0 Å². The second-order valence-corrected chi connectivity index (χ2v) is 4.17. The van der Waals surface area contributed by atoms with Crippen LogP contribution in [0.25, 0.3) is 0 Å². The van der Waals surface area contributed by atoms with Gasteiger partial charge in [0.15, 0.2) is 0 Å².